The van der Waals surface area contributed by atoms with Gasteiger partial charge < -0.3 is 19.4 Å². The molecule has 0 aromatic heterocycles. The predicted octanol–water partition coefficient (Wildman–Crippen LogP) is 3.39. The van der Waals surface area contributed by atoms with Crippen molar-refractivity contribution >= 4 is 17.8 Å². The van der Waals surface area contributed by atoms with Gasteiger partial charge in [-0.25, -0.2) is 0 Å². The molecule has 0 radical (unpaired) electrons. The van der Waals surface area contributed by atoms with Crippen LogP contribution in [0.1, 0.15) is 13.8 Å². The van der Waals surface area contributed by atoms with Gasteiger partial charge in [-0.2, -0.15) is 13.2 Å². The fourth-order valence-electron chi connectivity index (χ4n) is 2.77. The molecule has 4 nitrogen and oxygen atoms in total. The number of nitrogens with one attached hydrogen (secondary N) is 1. The van der Waals surface area contributed by atoms with Gasteiger partial charge in [-0.1, -0.05) is 71.6 Å². The first-order chi connectivity index (χ1) is 13.4. The number of ether oxygens (including phenoxy) is 3. The molecule has 8 heteroatoms. The molecule has 1 aliphatic rings. The number of hydrogen-bond donors (Lipinski definition) is 1. The minimum atomic E-state index is -4.72. The van der Waals surface area contributed by atoms with E-state index in [9.17, 15) is 13.2 Å². The molecule has 2 aromatic rings. The summed E-state index contributed by atoms with van der Waals surface area (Å²) in [5.41, 5.74) is 0.228. The summed E-state index contributed by atoms with van der Waals surface area (Å²) in [7, 11) is 0. The van der Waals surface area contributed by atoms with E-state index in [1.807, 2.05) is 0 Å². The maximum absolute atomic E-state index is 13.9. The molecule has 0 saturated carbocycles. The van der Waals surface area contributed by atoms with Crippen molar-refractivity contribution < 1.29 is 27.4 Å². The number of hydrogen-bond acceptors (Lipinski definition) is 4. The summed E-state index contributed by atoms with van der Waals surface area (Å²) in [6.45, 7) is 2.68. The number of halogens is 3. The van der Waals surface area contributed by atoms with Crippen LogP contribution in [0.3, 0.4) is 0 Å². The Labute approximate surface area is 161 Å². The van der Waals surface area contributed by atoms with Crippen LogP contribution in [0.15, 0.2) is 84.0 Å². The highest BCUT2D eigenvalue weighted by atomic mass is 19.4. The number of benzene rings is 2. The molecule has 0 amide bonds. The Bertz CT molecular complexity index is 828. The highest BCUT2D eigenvalue weighted by molar-refractivity contribution is 6.83. The molecule has 1 N–H and O–H groups in total. The summed E-state index contributed by atoms with van der Waals surface area (Å²) >= 11 is 0. The zero-order valence-electron chi connectivity index (χ0n) is 15.4. The third-order valence-electron chi connectivity index (χ3n) is 4.04. The lowest BCUT2D eigenvalue weighted by Gasteiger charge is -2.21. The van der Waals surface area contributed by atoms with E-state index in [1.165, 1.54) is 6.92 Å². The van der Waals surface area contributed by atoms with Crippen molar-refractivity contribution in [2.45, 2.75) is 20.0 Å². The van der Waals surface area contributed by atoms with E-state index in [0.717, 1.165) is 0 Å². The highest BCUT2D eigenvalue weighted by Gasteiger charge is 2.43. The molecule has 2 aromatic carbocycles. The minimum Gasteiger partial charge on any atom is -0.463 e. The van der Waals surface area contributed by atoms with Crippen LogP contribution < -0.4 is 16.2 Å². The third-order valence-corrected chi connectivity index (χ3v) is 4.04. The van der Waals surface area contributed by atoms with Gasteiger partial charge in [0.1, 0.15) is 0 Å². The Balaban J connectivity index is 2.00. The lowest BCUT2D eigenvalue weighted by molar-refractivity contribution is -0.102. The summed E-state index contributed by atoms with van der Waals surface area (Å²) in [6, 6.07) is 17.7. The SMILES string of the molecule is CCOC1=C(C)O/C(=C(\NB(c2ccccc2)c2ccccc2)C(F)(F)F)O1. The molecule has 28 heavy (non-hydrogen) atoms. The maximum Gasteiger partial charge on any atom is 0.436 e. The second-order valence-corrected chi connectivity index (χ2v) is 6.04. The van der Waals surface area contributed by atoms with Gasteiger partial charge in [-0.15, -0.1) is 0 Å². The lowest BCUT2D eigenvalue weighted by Crippen LogP contribution is -2.55. The van der Waals surface area contributed by atoms with Crippen molar-refractivity contribution in [3.8, 4) is 0 Å². The van der Waals surface area contributed by atoms with Crippen LogP contribution in [0.25, 0.3) is 0 Å². The van der Waals surface area contributed by atoms with Crippen LogP contribution in [-0.2, 0) is 14.2 Å². The summed E-state index contributed by atoms with van der Waals surface area (Å²) in [5.74, 6) is -0.612. The molecule has 0 atom stereocenters. The van der Waals surface area contributed by atoms with Crippen molar-refractivity contribution in [1.29, 1.82) is 0 Å². The number of alkyl halides is 3. The molecule has 0 bridgehead atoms. The monoisotopic (exact) mass is 389 g/mol. The molecule has 1 aliphatic heterocycles. The van der Waals surface area contributed by atoms with E-state index in [1.54, 1.807) is 67.6 Å². The molecule has 0 spiro atoms. The topological polar surface area (TPSA) is 39.7 Å². The van der Waals surface area contributed by atoms with E-state index >= 15 is 0 Å². The molecule has 0 saturated heterocycles. The molecule has 146 valence electrons. The van der Waals surface area contributed by atoms with E-state index < -0.39 is 24.7 Å². The van der Waals surface area contributed by atoms with Gasteiger partial charge in [0.25, 0.3) is 0 Å². The maximum atomic E-state index is 13.9. The minimum absolute atomic E-state index is 0.0722. The molecular weight excluding hydrogens is 370 g/mol. The quantitative estimate of drug-likeness (QED) is 0.770. The van der Waals surface area contributed by atoms with E-state index in [0.29, 0.717) is 10.9 Å². The van der Waals surface area contributed by atoms with Gasteiger partial charge in [0.05, 0.1) is 6.61 Å². The van der Waals surface area contributed by atoms with Crippen LogP contribution in [0.5, 0.6) is 0 Å². The smallest absolute Gasteiger partial charge is 0.436 e. The Morgan fingerprint density at radius 1 is 0.964 bits per heavy atom. The highest BCUT2D eigenvalue weighted by Crippen LogP contribution is 2.34. The second-order valence-electron chi connectivity index (χ2n) is 6.04. The first-order valence-corrected chi connectivity index (χ1v) is 8.77. The van der Waals surface area contributed by atoms with Crippen LogP contribution in [0.4, 0.5) is 13.2 Å². The number of rotatable bonds is 6. The van der Waals surface area contributed by atoms with Crippen LogP contribution in [0, 0.1) is 0 Å². The van der Waals surface area contributed by atoms with Crippen LogP contribution in [-0.4, -0.2) is 19.6 Å². The molecule has 3 rings (SSSR count). The fraction of sp³-hybridized carbons (Fsp3) is 0.200. The normalized spacial score (nSPS) is 15.6. The Morgan fingerprint density at radius 2 is 1.50 bits per heavy atom. The van der Waals surface area contributed by atoms with Gasteiger partial charge in [-0.05, 0) is 6.92 Å². The van der Waals surface area contributed by atoms with Crippen molar-refractivity contribution in [3.63, 3.8) is 0 Å². The molecule has 0 aliphatic carbocycles. The zero-order valence-corrected chi connectivity index (χ0v) is 15.4. The molecule has 0 unspecified atom stereocenters. The predicted molar refractivity (Wildman–Crippen MR) is 101 cm³/mol. The number of allylic oxidation sites excluding steroid dienone is 2. The Hall–Kier alpha value is -3.03. The van der Waals surface area contributed by atoms with Crippen molar-refractivity contribution in [2.75, 3.05) is 6.61 Å². The van der Waals surface area contributed by atoms with E-state index in [-0.39, 0.29) is 18.3 Å². The van der Waals surface area contributed by atoms with Gasteiger partial charge in [0, 0.05) is 6.92 Å². The van der Waals surface area contributed by atoms with Crippen molar-refractivity contribution in [3.05, 3.63) is 84.0 Å². The van der Waals surface area contributed by atoms with E-state index in [2.05, 4.69) is 5.23 Å². The van der Waals surface area contributed by atoms with Gasteiger partial charge in [0.2, 0.25) is 0 Å². The summed E-state index contributed by atoms with van der Waals surface area (Å²) in [4.78, 5) is 0. The standard InChI is InChI=1S/C20H19BF3NO3/c1-3-26-18-14(2)27-19(28-18)17(20(22,23)24)25-21(15-10-6-4-7-11-15)16-12-8-5-9-13-16/h4-13,25H,3H2,1-2H3/b19-17+. The zero-order chi connectivity index (χ0) is 20.1. The first-order valence-electron chi connectivity index (χ1n) is 8.77. The van der Waals surface area contributed by atoms with Crippen molar-refractivity contribution in [1.82, 2.24) is 5.23 Å². The van der Waals surface area contributed by atoms with Crippen LogP contribution in [0.2, 0.25) is 0 Å². The average Bonchev–Trinajstić information content (AvgIpc) is 3.03. The van der Waals surface area contributed by atoms with Gasteiger partial charge in [0.15, 0.2) is 11.5 Å². The molecule has 0 fully saturated rings. The molecule has 1 heterocycles. The summed E-state index contributed by atoms with van der Waals surface area (Å²) in [6.07, 6.45) is -4.72. The summed E-state index contributed by atoms with van der Waals surface area (Å²) in [5, 5.41) is 2.57. The fourth-order valence-corrected chi connectivity index (χ4v) is 2.77. The van der Waals surface area contributed by atoms with Gasteiger partial charge >= 0.3 is 24.9 Å². The van der Waals surface area contributed by atoms with E-state index in [4.69, 9.17) is 14.2 Å². The summed E-state index contributed by atoms with van der Waals surface area (Å²) < 4.78 is 57.2. The van der Waals surface area contributed by atoms with Crippen molar-refractivity contribution in [2.24, 2.45) is 0 Å². The third kappa shape index (κ3) is 4.44. The average molecular weight is 389 g/mol. The Morgan fingerprint density at radius 3 is 1.96 bits per heavy atom. The Kier molecular flexibility index (Phi) is 5.87. The molecular formula is C20H19BF3NO3. The van der Waals surface area contributed by atoms with Gasteiger partial charge in [-0.3, -0.25) is 0 Å². The first kappa shape index (κ1) is 19.7. The lowest BCUT2D eigenvalue weighted by atomic mass is 9.50. The largest absolute Gasteiger partial charge is 0.463 e. The second kappa shape index (κ2) is 8.33. The van der Waals surface area contributed by atoms with Crippen LogP contribution >= 0.6 is 0 Å².